The number of nitrogens with one attached hydrogen (secondary N) is 1. The molecule has 1 saturated heterocycles. The number of hydrogen-bond acceptors (Lipinski definition) is 4. The lowest BCUT2D eigenvalue weighted by atomic mass is 10.0. The monoisotopic (exact) mass is 361 g/mol. The molecule has 3 rings (SSSR count). The number of nitriles is 1. The Kier molecular flexibility index (Phi) is 6.10. The summed E-state index contributed by atoms with van der Waals surface area (Å²) in [6.07, 6.45) is 9.62. The molecular weight excluding hydrogens is 334 g/mol. The minimum absolute atomic E-state index is 0.0484. The Morgan fingerprint density at radius 2 is 1.84 bits per heavy atom. The van der Waals surface area contributed by atoms with E-state index in [1.165, 1.54) is 44.6 Å². The Bertz CT molecular complexity index is 718. The highest BCUT2D eigenvalue weighted by molar-refractivity contribution is 7.89. The van der Waals surface area contributed by atoms with Crippen LogP contribution in [0.25, 0.3) is 0 Å². The molecule has 1 aliphatic carbocycles. The van der Waals surface area contributed by atoms with Crippen molar-refractivity contribution in [2.45, 2.75) is 68.3 Å². The Balaban J connectivity index is 1.66. The summed E-state index contributed by atoms with van der Waals surface area (Å²) in [5.74, 6) is 0. The average molecular weight is 362 g/mol. The van der Waals surface area contributed by atoms with Gasteiger partial charge in [-0.15, -0.1) is 0 Å². The van der Waals surface area contributed by atoms with E-state index < -0.39 is 10.0 Å². The van der Waals surface area contributed by atoms with Gasteiger partial charge in [-0.3, -0.25) is 4.90 Å². The van der Waals surface area contributed by atoms with E-state index in [0.29, 0.717) is 11.6 Å². The maximum atomic E-state index is 12.7. The molecule has 1 aliphatic heterocycles. The SMILES string of the molecule is N#Cc1cccc(S(=O)(=O)NC2CCCN(C3CCCCCC3)C2)c1. The number of nitrogens with zero attached hydrogens (tertiary/aromatic N) is 2. The van der Waals surface area contributed by atoms with Gasteiger partial charge in [0.25, 0.3) is 0 Å². The second kappa shape index (κ2) is 8.31. The van der Waals surface area contributed by atoms with Gasteiger partial charge in [0, 0.05) is 18.6 Å². The molecule has 1 aromatic rings. The Hall–Kier alpha value is -1.42. The molecule has 25 heavy (non-hydrogen) atoms. The number of sulfonamides is 1. The molecule has 1 atom stereocenters. The van der Waals surface area contributed by atoms with Crippen molar-refractivity contribution in [1.29, 1.82) is 5.26 Å². The molecule has 5 nitrogen and oxygen atoms in total. The van der Waals surface area contributed by atoms with Gasteiger partial charge in [0.2, 0.25) is 10.0 Å². The molecule has 1 unspecified atom stereocenters. The van der Waals surface area contributed by atoms with Crippen LogP contribution in [0.1, 0.15) is 56.9 Å². The second-order valence-electron chi connectivity index (χ2n) is 7.24. The molecule has 2 fully saturated rings. The van der Waals surface area contributed by atoms with Crippen molar-refractivity contribution in [2.24, 2.45) is 0 Å². The minimum atomic E-state index is -3.58. The summed E-state index contributed by atoms with van der Waals surface area (Å²) in [5.41, 5.74) is 0.367. The van der Waals surface area contributed by atoms with E-state index in [-0.39, 0.29) is 10.9 Å². The van der Waals surface area contributed by atoms with Crippen molar-refractivity contribution in [1.82, 2.24) is 9.62 Å². The van der Waals surface area contributed by atoms with Gasteiger partial charge in [0.1, 0.15) is 0 Å². The molecule has 1 heterocycles. The fourth-order valence-corrected chi connectivity index (χ4v) is 5.38. The largest absolute Gasteiger partial charge is 0.299 e. The molecule has 0 amide bonds. The average Bonchev–Trinajstić information content (AvgIpc) is 2.91. The van der Waals surface area contributed by atoms with Crippen LogP contribution in [0, 0.1) is 11.3 Å². The Morgan fingerprint density at radius 3 is 2.56 bits per heavy atom. The van der Waals surface area contributed by atoms with E-state index >= 15 is 0 Å². The van der Waals surface area contributed by atoms with E-state index in [4.69, 9.17) is 5.26 Å². The van der Waals surface area contributed by atoms with Crippen LogP contribution in [0.2, 0.25) is 0 Å². The molecule has 0 bridgehead atoms. The number of likely N-dealkylation sites (tertiary alicyclic amines) is 1. The molecule has 0 radical (unpaired) electrons. The first-order valence-corrected chi connectivity index (χ1v) is 10.8. The van der Waals surface area contributed by atoms with Gasteiger partial charge in [0.05, 0.1) is 16.5 Å². The number of hydrogen-bond donors (Lipinski definition) is 1. The highest BCUT2D eigenvalue weighted by Gasteiger charge is 2.29. The Labute approximate surface area is 151 Å². The van der Waals surface area contributed by atoms with Crippen LogP contribution in [-0.2, 0) is 10.0 Å². The van der Waals surface area contributed by atoms with Gasteiger partial charge >= 0.3 is 0 Å². The highest BCUT2D eigenvalue weighted by Crippen LogP contribution is 2.25. The van der Waals surface area contributed by atoms with Crippen molar-refractivity contribution in [3.05, 3.63) is 29.8 Å². The third-order valence-corrected chi connectivity index (χ3v) is 6.91. The van der Waals surface area contributed by atoms with Crippen molar-refractivity contribution in [3.8, 4) is 6.07 Å². The summed E-state index contributed by atoms with van der Waals surface area (Å²) in [5, 5.41) is 8.98. The molecule has 2 aliphatic rings. The molecule has 0 aromatic heterocycles. The van der Waals surface area contributed by atoms with Crippen LogP contribution in [0.3, 0.4) is 0 Å². The summed E-state index contributed by atoms with van der Waals surface area (Å²) < 4.78 is 28.2. The second-order valence-corrected chi connectivity index (χ2v) is 8.95. The fraction of sp³-hybridized carbons (Fsp3) is 0.632. The van der Waals surface area contributed by atoms with Crippen molar-refractivity contribution in [3.63, 3.8) is 0 Å². The molecular formula is C19H27N3O2S. The van der Waals surface area contributed by atoms with Gasteiger partial charge in [-0.1, -0.05) is 31.7 Å². The predicted molar refractivity (Wildman–Crippen MR) is 97.6 cm³/mol. The number of piperidine rings is 1. The molecule has 1 saturated carbocycles. The number of benzene rings is 1. The Morgan fingerprint density at radius 1 is 1.08 bits per heavy atom. The third-order valence-electron chi connectivity index (χ3n) is 5.39. The summed E-state index contributed by atoms with van der Waals surface area (Å²) in [6.45, 7) is 1.87. The first-order chi connectivity index (χ1) is 12.1. The summed E-state index contributed by atoms with van der Waals surface area (Å²) in [7, 11) is -3.58. The predicted octanol–water partition coefficient (Wildman–Crippen LogP) is 3.02. The van der Waals surface area contributed by atoms with Crippen molar-refractivity contribution < 1.29 is 8.42 Å². The van der Waals surface area contributed by atoms with Crippen LogP contribution >= 0.6 is 0 Å². The van der Waals surface area contributed by atoms with Crippen molar-refractivity contribution >= 4 is 10.0 Å². The molecule has 136 valence electrons. The van der Waals surface area contributed by atoms with Crippen LogP contribution in [-0.4, -0.2) is 38.5 Å². The zero-order valence-corrected chi connectivity index (χ0v) is 15.5. The van der Waals surface area contributed by atoms with Gasteiger partial charge in [-0.2, -0.15) is 5.26 Å². The van der Waals surface area contributed by atoms with Gasteiger partial charge in [0.15, 0.2) is 0 Å². The smallest absolute Gasteiger partial charge is 0.240 e. The lowest BCUT2D eigenvalue weighted by Gasteiger charge is -2.38. The van der Waals surface area contributed by atoms with Gasteiger partial charge in [-0.05, 0) is 50.4 Å². The van der Waals surface area contributed by atoms with Crippen LogP contribution < -0.4 is 4.72 Å². The zero-order chi connectivity index (χ0) is 17.7. The topological polar surface area (TPSA) is 73.2 Å². The molecule has 0 spiro atoms. The van der Waals surface area contributed by atoms with Crippen LogP contribution in [0.5, 0.6) is 0 Å². The van der Waals surface area contributed by atoms with E-state index in [2.05, 4.69) is 9.62 Å². The minimum Gasteiger partial charge on any atom is -0.299 e. The lowest BCUT2D eigenvalue weighted by molar-refractivity contribution is 0.132. The number of rotatable bonds is 4. The lowest BCUT2D eigenvalue weighted by Crippen LogP contribution is -2.50. The fourth-order valence-electron chi connectivity index (χ4n) is 4.08. The maximum absolute atomic E-state index is 12.7. The standard InChI is InChI=1S/C19H27N3O2S/c20-14-16-7-5-11-19(13-16)25(23,24)21-17-8-6-12-22(15-17)18-9-3-1-2-4-10-18/h5,7,11,13,17-18,21H,1-4,6,8-10,12,15H2. The highest BCUT2D eigenvalue weighted by atomic mass is 32.2. The molecule has 1 N–H and O–H groups in total. The van der Waals surface area contributed by atoms with Gasteiger partial charge < -0.3 is 0 Å². The van der Waals surface area contributed by atoms with Crippen molar-refractivity contribution in [2.75, 3.05) is 13.1 Å². The normalized spacial score (nSPS) is 23.7. The maximum Gasteiger partial charge on any atom is 0.240 e. The molecule has 6 heteroatoms. The van der Waals surface area contributed by atoms with Crippen LogP contribution in [0.4, 0.5) is 0 Å². The van der Waals surface area contributed by atoms with Crippen LogP contribution in [0.15, 0.2) is 29.2 Å². The van der Waals surface area contributed by atoms with Gasteiger partial charge in [-0.25, -0.2) is 13.1 Å². The summed E-state index contributed by atoms with van der Waals surface area (Å²) in [4.78, 5) is 2.67. The van der Waals surface area contributed by atoms with E-state index in [1.54, 1.807) is 18.2 Å². The van der Waals surface area contributed by atoms with E-state index in [1.807, 2.05) is 6.07 Å². The van der Waals surface area contributed by atoms with E-state index in [0.717, 1.165) is 25.9 Å². The molecule has 1 aromatic carbocycles. The zero-order valence-electron chi connectivity index (χ0n) is 14.7. The first kappa shape index (κ1) is 18.4. The first-order valence-electron chi connectivity index (χ1n) is 9.35. The quantitative estimate of drug-likeness (QED) is 0.837. The van der Waals surface area contributed by atoms with E-state index in [9.17, 15) is 8.42 Å². The summed E-state index contributed by atoms with van der Waals surface area (Å²) in [6, 6.07) is 8.78. The third kappa shape index (κ3) is 4.81. The summed E-state index contributed by atoms with van der Waals surface area (Å²) >= 11 is 0.